The smallest absolute Gasteiger partial charge is 0.325 e. The number of carbonyl (C=O) groups excluding carboxylic acids is 2. The zero-order valence-corrected chi connectivity index (χ0v) is 14.5. The summed E-state index contributed by atoms with van der Waals surface area (Å²) in [4.78, 5) is 26.3. The van der Waals surface area contributed by atoms with Gasteiger partial charge in [-0.15, -0.1) is 0 Å². The minimum atomic E-state index is -0.660. The van der Waals surface area contributed by atoms with Crippen molar-refractivity contribution in [3.63, 3.8) is 0 Å². The Balaban J connectivity index is 1.56. The summed E-state index contributed by atoms with van der Waals surface area (Å²) in [5, 5.41) is 2.95. The van der Waals surface area contributed by atoms with Crippen molar-refractivity contribution < 1.29 is 14.3 Å². The molecule has 0 unspecified atom stereocenters. The third-order valence-electron chi connectivity index (χ3n) is 5.39. The number of carbonyl (C=O) groups is 2. The molecule has 24 heavy (non-hydrogen) atoms. The number of hydrogen-bond acceptors (Lipinski definition) is 3. The van der Waals surface area contributed by atoms with E-state index in [0.717, 1.165) is 37.9 Å². The minimum Gasteiger partial charge on any atom is -0.492 e. The van der Waals surface area contributed by atoms with Crippen molar-refractivity contribution in [2.24, 2.45) is 5.92 Å². The highest BCUT2D eigenvalue weighted by molar-refractivity contribution is 6.07. The Morgan fingerprint density at radius 2 is 1.88 bits per heavy atom. The molecule has 5 heteroatoms. The number of hydrogen-bond donors (Lipinski definition) is 1. The van der Waals surface area contributed by atoms with Crippen molar-refractivity contribution in [1.82, 2.24) is 10.2 Å². The second kappa shape index (κ2) is 6.83. The maximum absolute atomic E-state index is 12.8. The van der Waals surface area contributed by atoms with Gasteiger partial charge in [-0.2, -0.15) is 0 Å². The summed E-state index contributed by atoms with van der Waals surface area (Å²) < 4.78 is 5.66. The van der Waals surface area contributed by atoms with Crippen molar-refractivity contribution in [2.45, 2.75) is 51.5 Å². The van der Waals surface area contributed by atoms with E-state index in [4.69, 9.17) is 4.74 Å². The fraction of sp³-hybridized carbons (Fsp3) is 0.579. The first-order chi connectivity index (χ1) is 11.5. The van der Waals surface area contributed by atoms with Crippen molar-refractivity contribution in [3.05, 3.63) is 29.8 Å². The quantitative estimate of drug-likeness (QED) is 0.843. The van der Waals surface area contributed by atoms with Crippen LogP contribution >= 0.6 is 0 Å². The molecule has 3 rings (SSSR count). The first kappa shape index (κ1) is 16.8. The molecular formula is C19H26N2O3. The van der Waals surface area contributed by atoms with Gasteiger partial charge in [-0.3, -0.25) is 9.69 Å². The Labute approximate surface area is 143 Å². The lowest BCUT2D eigenvalue weighted by atomic mass is 9.75. The van der Waals surface area contributed by atoms with Crippen LogP contribution in [0.25, 0.3) is 0 Å². The standard InChI is InChI=1S/C19H26N2O3/c1-3-15-8-10-19(11-9-15)17(22)21(18(23)20-19)12-13-24-16-6-4-14(2)5-7-16/h4-7,15H,3,8-13H2,1-2H3,(H,20,23). The summed E-state index contributed by atoms with van der Waals surface area (Å²) in [6.07, 6.45) is 4.68. The van der Waals surface area contributed by atoms with Crippen LogP contribution in [0.2, 0.25) is 0 Å². The predicted molar refractivity (Wildman–Crippen MR) is 91.9 cm³/mol. The van der Waals surface area contributed by atoms with Crippen LogP contribution in [0.5, 0.6) is 5.75 Å². The van der Waals surface area contributed by atoms with Gasteiger partial charge in [-0.1, -0.05) is 31.0 Å². The molecule has 2 aliphatic rings. The van der Waals surface area contributed by atoms with E-state index in [9.17, 15) is 9.59 Å². The highest BCUT2D eigenvalue weighted by atomic mass is 16.5. The van der Waals surface area contributed by atoms with Crippen molar-refractivity contribution in [2.75, 3.05) is 13.2 Å². The molecule has 1 aliphatic heterocycles. The van der Waals surface area contributed by atoms with E-state index in [1.165, 1.54) is 10.5 Å². The third-order valence-corrected chi connectivity index (χ3v) is 5.39. The number of urea groups is 1. The molecule has 0 bridgehead atoms. The Hall–Kier alpha value is -2.04. The van der Waals surface area contributed by atoms with E-state index in [0.29, 0.717) is 12.5 Å². The van der Waals surface area contributed by atoms with Gasteiger partial charge in [-0.05, 0) is 50.7 Å². The van der Waals surface area contributed by atoms with E-state index in [1.807, 2.05) is 31.2 Å². The fourth-order valence-electron chi connectivity index (χ4n) is 3.69. The maximum Gasteiger partial charge on any atom is 0.325 e. The number of imide groups is 1. The van der Waals surface area contributed by atoms with Gasteiger partial charge in [0.2, 0.25) is 0 Å². The molecule has 1 saturated carbocycles. The van der Waals surface area contributed by atoms with E-state index in [2.05, 4.69) is 12.2 Å². The number of benzene rings is 1. The zero-order chi connectivity index (χ0) is 17.2. The van der Waals surface area contributed by atoms with Crippen molar-refractivity contribution in [3.8, 4) is 5.75 Å². The molecule has 1 aromatic rings. The summed E-state index contributed by atoms with van der Waals surface area (Å²) >= 11 is 0. The van der Waals surface area contributed by atoms with Gasteiger partial charge in [0, 0.05) is 0 Å². The molecule has 130 valence electrons. The lowest BCUT2D eigenvalue weighted by molar-refractivity contribution is -0.133. The van der Waals surface area contributed by atoms with Gasteiger partial charge in [0.15, 0.2) is 0 Å². The number of rotatable bonds is 5. The molecule has 0 radical (unpaired) electrons. The third kappa shape index (κ3) is 3.25. The number of amides is 3. The van der Waals surface area contributed by atoms with E-state index in [1.54, 1.807) is 0 Å². The van der Waals surface area contributed by atoms with Crippen LogP contribution in [0.15, 0.2) is 24.3 Å². The van der Waals surface area contributed by atoms with E-state index in [-0.39, 0.29) is 18.5 Å². The first-order valence-electron chi connectivity index (χ1n) is 8.87. The van der Waals surface area contributed by atoms with Crippen LogP contribution in [0, 0.1) is 12.8 Å². The van der Waals surface area contributed by atoms with Gasteiger partial charge < -0.3 is 10.1 Å². The maximum atomic E-state index is 12.8. The number of nitrogens with one attached hydrogen (secondary N) is 1. The largest absolute Gasteiger partial charge is 0.492 e. The Morgan fingerprint density at radius 3 is 2.50 bits per heavy atom. The van der Waals surface area contributed by atoms with Crippen molar-refractivity contribution in [1.29, 1.82) is 0 Å². The molecule has 1 N–H and O–H groups in total. The summed E-state index contributed by atoms with van der Waals surface area (Å²) in [5.41, 5.74) is 0.508. The molecular weight excluding hydrogens is 304 g/mol. The average Bonchev–Trinajstić information content (AvgIpc) is 2.81. The second-order valence-electron chi connectivity index (χ2n) is 6.98. The highest BCUT2D eigenvalue weighted by Gasteiger charge is 2.52. The van der Waals surface area contributed by atoms with Crippen LogP contribution in [-0.2, 0) is 4.79 Å². The molecule has 1 aliphatic carbocycles. The summed E-state index contributed by atoms with van der Waals surface area (Å²) in [7, 11) is 0. The monoisotopic (exact) mass is 330 g/mol. The van der Waals surface area contributed by atoms with Crippen LogP contribution in [0.4, 0.5) is 4.79 Å². The predicted octanol–water partition coefficient (Wildman–Crippen LogP) is 3.26. The summed E-state index contributed by atoms with van der Waals surface area (Å²) in [6.45, 7) is 4.81. The number of nitrogens with zero attached hydrogens (tertiary/aromatic N) is 1. The van der Waals surface area contributed by atoms with Crippen molar-refractivity contribution >= 4 is 11.9 Å². The van der Waals surface area contributed by atoms with Gasteiger partial charge in [0.1, 0.15) is 17.9 Å². The SMILES string of the molecule is CCC1CCC2(CC1)NC(=O)N(CCOc1ccc(C)cc1)C2=O. The lowest BCUT2D eigenvalue weighted by Crippen LogP contribution is -2.49. The molecule has 1 aromatic carbocycles. The minimum absolute atomic E-state index is 0.0745. The van der Waals surface area contributed by atoms with Gasteiger partial charge >= 0.3 is 6.03 Å². The molecule has 2 fully saturated rings. The highest BCUT2D eigenvalue weighted by Crippen LogP contribution is 2.37. The van der Waals surface area contributed by atoms with Crippen LogP contribution < -0.4 is 10.1 Å². The molecule has 1 heterocycles. The lowest BCUT2D eigenvalue weighted by Gasteiger charge is -2.34. The normalized spacial score (nSPS) is 26.8. The van der Waals surface area contributed by atoms with E-state index < -0.39 is 5.54 Å². The topological polar surface area (TPSA) is 58.6 Å². The van der Waals surface area contributed by atoms with Gasteiger partial charge in [0.25, 0.3) is 5.91 Å². The molecule has 1 spiro atoms. The second-order valence-corrected chi connectivity index (χ2v) is 6.98. The number of aryl methyl sites for hydroxylation is 1. The molecule has 3 amide bonds. The van der Waals surface area contributed by atoms with Gasteiger partial charge in [0.05, 0.1) is 6.54 Å². The summed E-state index contributed by atoms with van der Waals surface area (Å²) in [6, 6.07) is 7.47. The Morgan fingerprint density at radius 1 is 1.21 bits per heavy atom. The Kier molecular flexibility index (Phi) is 4.78. The average molecular weight is 330 g/mol. The van der Waals surface area contributed by atoms with Crippen LogP contribution in [0.1, 0.15) is 44.6 Å². The zero-order valence-electron chi connectivity index (χ0n) is 14.5. The molecule has 0 aromatic heterocycles. The van der Waals surface area contributed by atoms with Crippen LogP contribution in [-0.4, -0.2) is 35.5 Å². The fourth-order valence-corrected chi connectivity index (χ4v) is 3.69. The molecule has 5 nitrogen and oxygen atoms in total. The molecule has 0 atom stereocenters. The number of ether oxygens (including phenoxy) is 1. The van der Waals surface area contributed by atoms with E-state index >= 15 is 0 Å². The van der Waals surface area contributed by atoms with Gasteiger partial charge in [-0.25, -0.2) is 4.79 Å². The summed E-state index contributed by atoms with van der Waals surface area (Å²) in [5.74, 6) is 1.36. The molecule has 1 saturated heterocycles. The first-order valence-corrected chi connectivity index (χ1v) is 8.87. The Bertz CT molecular complexity index is 604. The van der Waals surface area contributed by atoms with Crippen LogP contribution in [0.3, 0.4) is 0 Å².